The summed E-state index contributed by atoms with van der Waals surface area (Å²) < 4.78 is 0. The van der Waals surface area contributed by atoms with Crippen LogP contribution in [0.15, 0.2) is 48.5 Å². The normalized spacial score (nSPS) is 11.1. The molecule has 152 valence electrons. The predicted molar refractivity (Wildman–Crippen MR) is 118 cm³/mol. The second-order valence-electron chi connectivity index (χ2n) is 7.23. The maximum atomic E-state index is 12.8. The number of aromatic nitrogens is 2. The lowest BCUT2D eigenvalue weighted by molar-refractivity contribution is 0.0782. The average Bonchev–Trinajstić information content (AvgIpc) is 2.70. The van der Waals surface area contributed by atoms with Crippen LogP contribution in [0.1, 0.15) is 22.6 Å². The minimum absolute atomic E-state index is 0.159. The van der Waals surface area contributed by atoms with Crippen molar-refractivity contribution in [1.29, 1.82) is 0 Å². The third kappa shape index (κ3) is 5.43. The van der Waals surface area contributed by atoms with E-state index in [1.807, 2.05) is 24.3 Å². The fraction of sp³-hybridized carbons (Fsp3) is 0.318. The van der Waals surface area contributed by atoms with Crippen LogP contribution in [-0.4, -0.2) is 59.9 Å². The number of carbonyl (C=O) groups is 1. The van der Waals surface area contributed by atoms with Crippen LogP contribution in [0.4, 0.5) is 5.82 Å². The number of rotatable bonds is 8. The predicted octanol–water partition coefficient (Wildman–Crippen LogP) is 3.92. The van der Waals surface area contributed by atoms with E-state index in [1.54, 1.807) is 36.2 Å². The second kappa shape index (κ2) is 9.67. The molecule has 0 aliphatic rings. The molecular formula is C22H26ClN5O. The van der Waals surface area contributed by atoms with Gasteiger partial charge in [0.1, 0.15) is 5.82 Å². The van der Waals surface area contributed by atoms with Gasteiger partial charge >= 0.3 is 0 Å². The molecule has 1 amide bonds. The Kier molecular flexibility index (Phi) is 7.01. The molecule has 2 aromatic carbocycles. The highest BCUT2D eigenvalue weighted by Gasteiger charge is 2.17. The molecule has 0 unspecified atom stereocenters. The van der Waals surface area contributed by atoms with Crippen LogP contribution >= 0.6 is 11.6 Å². The van der Waals surface area contributed by atoms with Crippen molar-refractivity contribution < 1.29 is 4.79 Å². The van der Waals surface area contributed by atoms with E-state index in [-0.39, 0.29) is 5.91 Å². The molecule has 1 aromatic heterocycles. The van der Waals surface area contributed by atoms with Crippen LogP contribution in [0, 0.1) is 0 Å². The highest BCUT2D eigenvalue weighted by molar-refractivity contribution is 6.33. The molecule has 3 rings (SSSR count). The van der Waals surface area contributed by atoms with Crippen LogP contribution in [-0.2, 0) is 6.54 Å². The van der Waals surface area contributed by atoms with Gasteiger partial charge in [-0.2, -0.15) is 0 Å². The molecular weight excluding hydrogens is 386 g/mol. The van der Waals surface area contributed by atoms with Gasteiger partial charge in [-0.1, -0.05) is 35.9 Å². The van der Waals surface area contributed by atoms with Crippen LogP contribution in [0.25, 0.3) is 10.9 Å². The summed E-state index contributed by atoms with van der Waals surface area (Å²) in [7, 11) is 5.85. The number of fused-ring (bicyclic) bond motifs is 1. The van der Waals surface area contributed by atoms with Gasteiger partial charge in [0.2, 0.25) is 0 Å². The molecule has 0 atom stereocenters. The Morgan fingerprint density at radius 1 is 1.03 bits per heavy atom. The van der Waals surface area contributed by atoms with E-state index in [0.29, 0.717) is 23.0 Å². The number of carbonyl (C=O) groups excluding carboxylic acids is 1. The van der Waals surface area contributed by atoms with E-state index in [2.05, 4.69) is 29.3 Å². The quantitative estimate of drug-likeness (QED) is 0.569. The maximum absolute atomic E-state index is 12.8. The van der Waals surface area contributed by atoms with Gasteiger partial charge in [0, 0.05) is 19.0 Å². The largest absolute Gasteiger partial charge is 0.369 e. The van der Waals surface area contributed by atoms with Crippen molar-refractivity contribution in [3.05, 3.63) is 64.9 Å². The number of benzene rings is 2. The Morgan fingerprint density at radius 2 is 1.76 bits per heavy atom. The molecule has 0 aliphatic heterocycles. The van der Waals surface area contributed by atoms with Crippen LogP contribution in [0.5, 0.6) is 0 Å². The summed E-state index contributed by atoms with van der Waals surface area (Å²) in [6, 6.07) is 14.9. The minimum atomic E-state index is -0.159. The summed E-state index contributed by atoms with van der Waals surface area (Å²) in [5.74, 6) is 1.22. The molecule has 0 bridgehead atoms. The SMILES string of the molecule is CN(C)CCCNc1nc(CN(C)C(=O)c2ccccc2Cl)nc2ccccc12. The zero-order chi connectivity index (χ0) is 20.8. The van der Waals surface area contributed by atoms with Crippen molar-refractivity contribution >= 4 is 34.2 Å². The number of hydrogen-bond donors (Lipinski definition) is 1. The summed E-state index contributed by atoms with van der Waals surface area (Å²) in [6.07, 6.45) is 1.01. The molecule has 3 aromatic rings. The zero-order valence-electron chi connectivity index (χ0n) is 17.0. The lowest BCUT2D eigenvalue weighted by atomic mass is 10.2. The molecule has 6 nitrogen and oxygen atoms in total. The third-order valence-corrected chi connectivity index (χ3v) is 4.88. The Bertz CT molecular complexity index is 992. The van der Waals surface area contributed by atoms with Gasteiger partial charge < -0.3 is 15.1 Å². The van der Waals surface area contributed by atoms with Crippen molar-refractivity contribution in [1.82, 2.24) is 19.8 Å². The zero-order valence-corrected chi connectivity index (χ0v) is 17.8. The molecule has 0 saturated heterocycles. The lowest BCUT2D eigenvalue weighted by Gasteiger charge is -2.18. The monoisotopic (exact) mass is 411 g/mol. The van der Waals surface area contributed by atoms with E-state index < -0.39 is 0 Å². The number of anilines is 1. The van der Waals surface area contributed by atoms with Crippen molar-refractivity contribution in [3.63, 3.8) is 0 Å². The summed E-state index contributed by atoms with van der Waals surface area (Å²) in [6.45, 7) is 2.10. The third-order valence-electron chi connectivity index (χ3n) is 4.55. The van der Waals surface area contributed by atoms with Crippen LogP contribution < -0.4 is 5.32 Å². The van der Waals surface area contributed by atoms with Gasteiger partial charge in [0.25, 0.3) is 5.91 Å². The van der Waals surface area contributed by atoms with E-state index in [0.717, 1.165) is 36.2 Å². The molecule has 0 spiro atoms. The summed E-state index contributed by atoms with van der Waals surface area (Å²) >= 11 is 6.17. The summed E-state index contributed by atoms with van der Waals surface area (Å²) in [5.41, 5.74) is 1.32. The van der Waals surface area contributed by atoms with Crippen molar-refractivity contribution in [2.45, 2.75) is 13.0 Å². The first kappa shape index (κ1) is 21.0. The average molecular weight is 412 g/mol. The van der Waals surface area contributed by atoms with Gasteiger partial charge in [-0.15, -0.1) is 0 Å². The molecule has 1 N–H and O–H groups in total. The number of hydrogen-bond acceptors (Lipinski definition) is 5. The highest BCUT2D eigenvalue weighted by Crippen LogP contribution is 2.21. The van der Waals surface area contributed by atoms with E-state index in [4.69, 9.17) is 16.6 Å². The van der Waals surface area contributed by atoms with Crippen LogP contribution in [0.2, 0.25) is 5.02 Å². The molecule has 0 aliphatic carbocycles. The van der Waals surface area contributed by atoms with Crippen molar-refractivity contribution in [3.8, 4) is 0 Å². The van der Waals surface area contributed by atoms with Gasteiger partial charge in [-0.25, -0.2) is 9.97 Å². The molecule has 0 saturated carbocycles. The highest BCUT2D eigenvalue weighted by atomic mass is 35.5. The van der Waals surface area contributed by atoms with Crippen molar-refractivity contribution in [2.75, 3.05) is 39.5 Å². The summed E-state index contributed by atoms with van der Waals surface area (Å²) in [5, 5.41) is 4.83. The van der Waals surface area contributed by atoms with Gasteiger partial charge in [0.05, 0.1) is 22.6 Å². The molecule has 0 radical (unpaired) electrons. The lowest BCUT2D eigenvalue weighted by Crippen LogP contribution is -2.27. The van der Waals surface area contributed by atoms with Crippen LogP contribution in [0.3, 0.4) is 0 Å². The van der Waals surface area contributed by atoms with E-state index >= 15 is 0 Å². The first-order valence-corrected chi connectivity index (χ1v) is 9.98. The van der Waals surface area contributed by atoms with E-state index in [1.165, 1.54) is 0 Å². The summed E-state index contributed by atoms with van der Waals surface area (Å²) in [4.78, 5) is 25.8. The first-order valence-electron chi connectivity index (χ1n) is 9.60. The first-order chi connectivity index (χ1) is 14.0. The Hall–Kier alpha value is -2.70. The Labute approximate surface area is 176 Å². The molecule has 0 fully saturated rings. The number of halogens is 1. The Morgan fingerprint density at radius 3 is 2.52 bits per heavy atom. The fourth-order valence-corrected chi connectivity index (χ4v) is 3.27. The fourth-order valence-electron chi connectivity index (χ4n) is 3.06. The number of nitrogens with zero attached hydrogens (tertiary/aromatic N) is 4. The topological polar surface area (TPSA) is 61.4 Å². The van der Waals surface area contributed by atoms with E-state index in [9.17, 15) is 4.79 Å². The number of para-hydroxylation sites is 1. The van der Waals surface area contributed by atoms with Gasteiger partial charge in [-0.3, -0.25) is 4.79 Å². The standard InChI is InChI=1S/C22H26ClN5O/c1-27(2)14-8-13-24-21-17-10-5-7-12-19(17)25-20(26-21)15-28(3)22(29)16-9-4-6-11-18(16)23/h4-7,9-12H,8,13-15H2,1-3H3,(H,24,25,26). The number of amides is 1. The minimum Gasteiger partial charge on any atom is -0.369 e. The van der Waals surface area contributed by atoms with Gasteiger partial charge in [0.15, 0.2) is 5.82 Å². The second-order valence-corrected chi connectivity index (χ2v) is 7.64. The molecule has 29 heavy (non-hydrogen) atoms. The molecule has 1 heterocycles. The maximum Gasteiger partial charge on any atom is 0.255 e. The van der Waals surface area contributed by atoms with Crippen molar-refractivity contribution in [2.24, 2.45) is 0 Å². The smallest absolute Gasteiger partial charge is 0.255 e. The Balaban J connectivity index is 1.80. The van der Waals surface area contributed by atoms with Gasteiger partial charge in [-0.05, 0) is 51.3 Å². The molecule has 7 heteroatoms. The number of nitrogens with one attached hydrogen (secondary N) is 1.